The summed E-state index contributed by atoms with van der Waals surface area (Å²) in [4.78, 5) is 18.4. The van der Waals surface area contributed by atoms with E-state index >= 15 is 0 Å². The lowest BCUT2D eigenvalue weighted by molar-refractivity contribution is -0.125. The Kier molecular flexibility index (Phi) is 3.74. The maximum absolute atomic E-state index is 10.5. The average molecular weight is 221 g/mol. The first-order valence-electron chi connectivity index (χ1n) is 4.50. The first-order valence-corrected chi connectivity index (χ1v) is 4.50. The zero-order valence-corrected chi connectivity index (χ0v) is 8.64. The van der Waals surface area contributed by atoms with Crippen LogP contribution < -0.4 is 11.1 Å². The van der Waals surface area contributed by atoms with E-state index in [9.17, 15) is 4.79 Å². The number of aromatic nitrogens is 2. The number of anilines is 1. The molecule has 0 saturated carbocycles. The molecule has 1 rings (SSSR count). The lowest BCUT2D eigenvalue weighted by Gasteiger charge is -2.08. The molecule has 1 amide bonds. The zero-order chi connectivity index (χ0) is 12.1. The Bertz CT molecular complexity index is 440. The maximum Gasteiger partial charge on any atom is 0.248 e. The molecule has 1 aromatic heterocycles. The smallest absolute Gasteiger partial charge is 0.248 e. The van der Waals surface area contributed by atoms with E-state index in [2.05, 4.69) is 15.3 Å². The van der Waals surface area contributed by atoms with Crippen molar-refractivity contribution in [3.05, 3.63) is 17.5 Å². The van der Waals surface area contributed by atoms with Gasteiger partial charge in [0, 0.05) is 5.69 Å². The van der Waals surface area contributed by atoms with Crippen molar-refractivity contribution in [1.29, 1.82) is 5.26 Å². The van der Waals surface area contributed by atoms with Crippen LogP contribution in [0.4, 0.5) is 5.95 Å². The molecule has 0 spiro atoms. The number of nitrogens with zero attached hydrogens (tertiary/aromatic N) is 3. The van der Waals surface area contributed by atoms with E-state index in [0.717, 1.165) is 0 Å². The SMILES string of the molecule is Cc1cc(C#N)nc(NCC(O)C(N)=O)n1. The van der Waals surface area contributed by atoms with Crippen molar-refractivity contribution >= 4 is 11.9 Å². The number of nitriles is 1. The fraction of sp³-hybridized carbons (Fsp3) is 0.333. The molecule has 0 saturated heterocycles. The number of aliphatic hydroxyl groups excluding tert-OH is 1. The standard InChI is InChI=1S/C9H11N5O2/c1-5-2-6(3-10)14-9(13-5)12-4-7(15)8(11)16/h2,7,15H,4H2,1H3,(H2,11,16)(H,12,13,14). The molecule has 0 aliphatic carbocycles. The molecule has 1 heterocycles. The van der Waals surface area contributed by atoms with Crippen molar-refractivity contribution in [2.45, 2.75) is 13.0 Å². The first kappa shape index (κ1) is 11.9. The van der Waals surface area contributed by atoms with Crippen LogP contribution in [0.5, 0.6) is 0 Å². The summed E-state index contributed by atoms with van der Waals surface area (Å²) in [5.41, 5.74) is 5.69. The molecule has 0 aliphatic heterocycles. The molecule has 7 heteroatoms. The van der Waals surface area contributed by atoms with Crippen LogP contribution in [-0.4, -0.2) is 33.6 Å². The van der Waals surface area contributed by atoms with Gasteiger partial charge in [0.1, 0.15) is 17.9 Å². The number of primary amides is 1. The molecule has 84 valence electrons. The first-order chi connectivity index (χ1) is 7.52. The summed E-state index contributed by atoms with van der Waals surface area (Å²) >= 11 is 0. The highest BCUT2D eigenvalue weighted by Gasteiger charge is 2.11. The number of rotatable bonds is 4. The topological polar surface area (TPSA) is 125 Å². The van der Waals surface area contributed by atoms with Crippen LogP contribution in [0.25, 0.3) is 0 Å². The summed E-state index contributed by atoms with van der Waals surface area (Å²) in [5.74, 6) is -0.655. The monoisotopic (exact) mass is 221 g/mol. The van der Waals surface area contributed by atoms with Gasteiger partial charge in [0.15, 0.2) is 0 Å². The van der Waals surface area contributed by atoms with Gasteiger partial charge < -0.3 is 16.2 Å². The van der Waals surface area contributed by atoms with Gasteiger partial charge in [-0.05, 0) is 13.0 Å². The van der Waals surface area contributed by atoms with E-state index < -0.39 is 12.0 Å². The Morgan fingerprint density at radius 1 is 1.75 bits per heavy atom. The molecule has 16 heavy (non-hydrogen) atoms. The number of aliphatic hydroxyl groups is 1. The van der Waals surface area contributed by atoms with Gasteiger partial charge in [0.05, 0.1) is 6.54 Å². The number of hydrogen-bond donors (Lipinski definition) is 3. The van der Waals surface area contributed by atoms with Crippen LogP contribution in [0.15, 0.2) is 6.07 Å². The Labute approximate surface area is 91.9 Å². The van der Waals surface area contributed by atoms with Crippen LogP contribution >= 0.6 is 0 Å². The molecule has 0 fully saturated rings. The molecule has 1 unspecified atom stereocenters. The van der Waals surface area contributed by atoms with Gasteiger partial charge in [-0.2, -0.15) is 5.26 Å². The number of aryl methyl sites for hydroxylation is 1. The molecular formula is C9H11N5O2. The summed E-state index contributed by atoms with van der Waals surface area (Å²) in [6.45, 7) is 1.61. The van der Waals surface area contributed by atoms with Gasteiger partial charge in [0.25, 0.3) is 0 Å². The summed E-state index contributed by atoms with van der Waals surface area (Å²) < 4.78 is 0. The quantitative estimate of drug-likeness (QED) is 0.593. The molecule has 4 N–H and O–H groups in total. The molecule has 0 bridgehead atoms. The van der Waals surface area contributed by atoms with Crippen LogP contribution in [0.3, 0.4) is 0 Å². The predicted molar refractivity (Wildman–Crippen MR) is 55.2 cm³/mol. The van der Waals surface area contributed by atoms with Crippen molar-refractivity contribution in [3.63, 3.8) is 0 Å². The third kappa shape index (κ3) is 3.18. The van der Waals surface area contributed by atoms with Crippen molar-refractivity contribution in [3.8, 4) is 6.07 Å². The minimum absolute atomic E-state index is 0.0936. The van der Waals surface area contributed by atoms with E-state index in [1.807, 2.05) is 6.07 Å². The molecule has 0 radical (unpaired) electrons. The lowest BCUT2D eigenvalue weighted by Crippen LogP contribution is -2.34. The van der Waals surface area contributed by atoms with E-state index in [1.165, 1.54) is 6.07 Å². The van der Waals surface area contributed by atoms with Gasteiger partial charge in [-0.3, -0.25) is 4.79 Å². The molecule has 0 aromatic carbocycles. The predicted octanol–water partition coefficient (Wildman–Crippen LogP) is -1.09. The summed E-state index contributed by atoms with van der Waals surface area (Å²) in [6.07, 6.45) is -1.31. The Hall–Kier alpha value is -2.20. The third-order valence-electron chi connectivity index (χ3n) is 1.75. The Balaban J connectivity index is 2.71. The van der Waals surface area contributed by atoms with Gasteiger partial charge in [-0.1, -0.05) is 0 Å². The van der Waals surface area contributed by atoms with Crippen molar-refractivity contribution in [2.24, 2.45) is 5.73 Å². The number of amides is 1. The molecule has 7 nitrogen and oxygen atoms in total. The summed E-state index contributed by atoms with van der Waals surface area (Å²) in [5, 5.41) is 20.4. The summed E-state index contributed by atoms with van der Waals surface area (Å²) in [6, 6.07) is 3.40. The molecule has 0 aliphatic rings. The van der Waals surface area contributed by atoms with Gasteiger partial charge in [0.2, 0.25) is 11.9 Å². The zero-order valence-electron chi connectivity index (χ0n) is 8.64. The van der Waals surface area contributed by atoms with Crippen molar-refractivity contribution < 1.29 is 9.90 Å². The maximum atomic E-state index is 10.5. The summed E-state index contributed by atoms with van der Waals surface area (Å²) in [7, 11) is 0. The second-order valence-electron chi connectivity index (χ2n) is 3.13. The highest BCUT2D eigenvalue weighted by molar-refractivity contribution is 5.79. The largest absolute Gasteiger partial charge is 0.381 e. The molecule has 1 aromatic rings. The minimum atomic E-state index is -1.31. The second kappa shape index (κ2) is 5.04. The fourth-order valence-electron chi connectivity index (χ4n) is 0.993. The highest BCUT2D eigenvalue weighted by Crippen LogP contribution is 2.03. The van der Waals surface area contributed by atoms with E-state index in [1.54, 1.807) is 6.92 Å². The Morgan fingerprint density at radius 2 is 2.44 bits per heavy atom. The van der Waals surface area contributed by atoms with Gasteiger partial charge >= 0.3 is 0 Å². The van der Waals surface area contributed by atoms with Crippen LogP contribution in [0.2, 0.25) is 0 Å². The van der Waals surface area contributed by atoms with E-state index in [0.29, 0.717) is 5.69 Å². The van der Waals surface area contributed by atoms with Crippen molar-refractivity contribution in [2.75, 3.05) is 11.9 Å². The fourth-order valence-corrected chi connectivity index (χ4v) is 0.993. The Morgan fingerprint density at radius 3 is 3.00 bits per heavy atom. The second-order valence-corrected chi connectivity index (χ2v) is 3.13. The van der Waals surface area contributed by atoms with Crippen LogP contribution in [0, 0.1) is 18.3 Å². The number of nitrogens with one attached hydrogen (secondary N) is 1. The van der Waals surface area contributed by atoms with E-state index in [-0.39, 0.29) is 18.2 Å². The van der Waals surface area contributed by atoms with Gasteiger partial charge in [-0.25, -0.2) is 9.97 Å². The van der Waals surface area contributed by atoms with E-state index in [4.69, 9.17) is 16.1 Å². The normalized spacial score (nSPS) is 11.6. The molecule has 1 atom stereocenters. The highest BCUT2D eigenvalue weighted by atomic mass is 16.3. The minimum Gasteiger partial charge on any atom is -0.381 e. The number of carbonyl (C=O) groups excluding carboxylic acids is 1. The molecular weight excluding hydrogens is 210 g/mol. The van der Waals surface area contributed by atoms with Crippen LogP contribution in [-0.2, 0) is 4.79 Å². The lowest BCUT2D eigenvalue weighted by atomic mass is 10.3. The van der Waals surface area contributed by atoms with Crippen molar-refractivity contribution in [1.82, 2.24) is 9.97 Å². The number of hydrogen-bond acceptors (Lipinski definition) is 6. The number of nitrogens with two attached hydrogens (primary N) is 1. The average Bonchev–Trinajstić information content (AvgIpc) is 2.24. The number of carbonyl (C=O) groups is 1. The third-order valence-corrected chi connectivity index (χ3v) is 1.75. The van der Waals surface area contributed by atoms with Crippen LogP contribution in [0.1, 0.15) is 11.4 Å². The van der Waals surface area contributed by atoms with Gasteiger partial charge in [-0.15, -0.1) is 0 Å².